The third kappa shape index (κ3) is 1.27. The van der Waals surface area contributed by atoms with E-state index >= 15 is 0 Å². The minimum atomic E-state index is -3.72. The van der Waals surface area contributed by atoms with Crippen LogP contribution >= 0.6 is 0 Å². The van der Waals surface area contributed by atoms with Gasteiger partial charge in [-0.05, 0) is 12.1 Å². The molecule has 0 amide bonds. The molecule has 7 heteroatoms. The summed E-state index contributed by atoms with van der Waals surface area (Å²) >= 11 is 0. The van der Waals surface area contributed by atoms with Gasteiger partial charge in [0.05, 0.1) is 5.52 Å². The van der Waals surface area contributed by atoms with Gasteiger partial charge in [0.1, 0.15) is 10.4 Å². The second-order valence-corrected chi connectivity index (χ2v) is 4.04. The fourth-order valence-corrected chi connectivity index (χ4v) is 1.76. The maximum Gasteiger partial charge on any atom is 0.240 e. The Labute approximate surface area is 73.8 Å². The van der Waals surface area contributed by atoms with E-state index in [0.29, 0.717) is 5.52 Å². The second kappa shape index (κ2) is 2.51. The Morgan fingerprint density at radius 1 is 1.38 bits per heavy atom. The summed E-state index contributed by atoms with van der Waals surface area (Å²) in [6.45, 7) is 0. The number of primary sulfonamides is 1. The molecule has 2 rings (SSSR count). The fourth-order valence-electron chi connectivity index (χ4n) is 1.07. The van der Waals surface area contributed by atoms with Gasteiger partial charge in [-0.25, -0.2) is 13.6 Å². The molecule has 0 aliphatic rings. The molecule has 13 heavy (non-hydrogen) atoms. The number of fused-ring (bicyclic) bond motifs is 1. The molecule has 2 aromatic rings. The van der Waals surface area contributed by atoms with Crippen LogP contribution in [-0.2, 0) is 10.0 Å². The van der Waals surface area contributed by atoms with Gasteiger partial charge in [0.2, 0.25) is 10.0 Å². The Hall–Kier alpha value is -1.47. The molecule has 0 saturated carbocycles. The standard InChI is InChI=1S/C6H6N4O2S/c7-13(11,12)5-3-1-2-4-6(5)9-10-8-4/h1-3H,(H2,7,11,12)(H,8,9,10). The van der Waals surface area contributed by atoms with E-state index in [-0.39, 0.29) is 10.4 Å². The van der Waals surface area contributed by atoms with Crippen molar-refractivity contribution in [3.05, 3.63) is 18.2 Å². The van der Waals surface area contributed by atoms with E-state index in [4.69, 9.17) is 5.14 Å². The lowest BCUT2D eigenvalue weighted by Crippen LogP contribution is -2.12. The highest BCUT2D eigenvalue weighted by Crippen LogP contribution is 2.16. The van der Waals surface area contributed by atoms with Crippen molar-refractivity contribution in [2.75, 3.05) is 0 Å². The quantitative estimate of drug-likeness (QED) is 0.651. The molecule has 0 saturated heterocycles. The molecule has 0 aliphatic heterocycles. The van der Waals surface area contributed by atoms with Gasteiger partial charge in [-0.3, -0.25) is 5.10 Å². The van der Waals surface area contributed by atoms with E-state index < -0.39 is 10.0 Å². The lowest BCUT2D eigenvalue weighted by atomic mass is 10.3. The Morgan fingerprint density at radius 2 is 2.15 bits per heavy atom. The van der Waals surface area contributed by atoms with Crippen LogP contribution in [-0.4, -0.2) is 23.8 Å². The topological polar surface area (TPSA) is 102 Å². The highest BCUT2D eigenvalue weighted by atomic mass is 32.2. The summed E-state index contributed by atoms with van der Waals surface area (Å²) < 4.78 is 22.1. The zero-order valence-electron chi connectivity index (χ0n) is 6.43. The predicted octanol–water partition coefficient (Wildman–Crippen LogP) is -0.395. The normalized spacial score (nSPS) is 12.1. The summed E-state index contributed by atoms with van der Waals surface area (Å²) in [6.07, 6.45) is 0. The number of rotatable bonds is 1. The molecule has 1 aromatic carbocycles. The van der Waals surface area contributed by atoms with Crippen LogP contribution in [0.5, 0.6) is 0 Å². The van der Waals surface area contributed by atoms with Gasteiger partial charge in [0.15, 0.2) is 0 Å². The molecule has 68 valence electrons. The van der Waals surface area contributed by atoms with Gasteiger partial charge in [-0.2, -0.15) is 0 Å². The summed E-state index contributed by atoms with van der Waals surface area (Å²) in [5.74, 6) is 0. The maximum atomic E-state index is 11.0. The van der Waals surface area contributed by atoms with Crippen molar-refractivity contribution in [1.82, 2.24) is 15.4 Å². The summed E-state index contributed by atoms with van der Waals surface area (Å²) in [7, 11) is -3.72. The molecule has 3 N–H and O–H groups in total. The first kappa shape index (κ1) is 8.14. The van der Waals surface area contributed by atoms with Crippen LogP contribution < -0.4 is 5.14 Å². The van der Waals surface area contributed by atoms with Crippen LogP contribution in [0.4, 0.5) is 0 Å². The molecular weight excluding hydrogens is 192 g/mol. The summed E-state index contributed by atoms with van der Waals surface area (Å²) in [4.78, 5) is -0.0150. The van der Waals surface area contributed by atoms with Gasteiger partial charge in [0, 0.05) is 0 Å². The predicted molar refractivity (Wildman–Crippen MR) is 45.3 cm³/mol. The number of H-pyrrole nitrogens is 1. The van der Waals surface area contributed by atoms with Gasteiger partial charge in [0.25, 0.3) is 0 Å². The number of aromatic nitrogens is 3. The van der Waals surface area contributed by atoms with E-state index in [9.17, 15) is 8.42 Å². The highest BCUT2D eigenvalue weighted by Gasteiger charge is 2.13. The third-order valence-electron chi connectivity index (χ3n) is 1.63. The molecule has 0 bridgehead atoms. The molecular formula is C6H6N4O2S. The van der Waals surface area contributed by atoms with Crippen LogP contribution in [0.15, 0.2) is 23.1 Å². The van der Waals surface area contributed by atoms with E-state index in [2.05, 4.69) is 15.4 Å². The number of sulfonamides is 1. The first-order chi connectivity index (χ1) is 6.09. The van der Waals surface area contributed by atoms with Crippen molar-refractivity contribution in [2.24, 2.45) is 5.14 Å². The highest BCUT2D eigenvalue weighted by molar-refractivity contribution is 7.89. The van der Waals surface area contributed by atoms with Crippen molar-refractivity contribution in [2.45, 2.75) is 4.90 Å². The Balaban J connectivity index is 2.91. The first-order valence-corrected chi connectivity index (χ1v) is 4.96. The number of nitrogens with one attached hydrogen (secondary N) is 1. The Kier molecular flexibility index (Phi) is 1.57. The average molecular weight is 198 g/mol. The minimum absolute atomic E-state index is 0.0150. The SMILES string of the molecule is NS(=O)(=O)c1cccc2[nH]nnc12. The van der Waals surface area contributed by atoms with Crippen molar-refractivity contribution in [3.8, 4) is 0 Å². The van der Waals surface area contributed by atoms with Crippen molar-refractivity contribution >= 4 is 21.1 Å². The number of nitrogens with zero attached hydrogens (tertiary/aromatic N) is 2. The second-order valence-electron chi connectivity index (χ2n) is 2.51. The molecule has 0 radical (unpaired) electrons. The third-order valence-corrected chi connectivity index (χ3v) is 2.57. The molecule has 6 nitrogen and oxygen atoms in total. The number of hydrogen-bond donors (Lipinski definition) is 2. The Morgan fingerprint density at radius 3 is 2.85 bits per heavy atom. The number of benzene rings is 1. The van der Waals surface area contributed by atoms with Crippen LogP contribution in [0.2, 0.25) is 0 Å². The first-order valence-electron chi connectivity index (χ1n) is 3.41. The smallest absolute Gasteiger partial charge is 0.240 e. The zero-order valence-corrected chi connectivity index (χ0v) is 7.25. The van der Waals surface area contributed by atoms with E-state index in [1.807, 2.05) is 0 Å². The lowest BCUT2D eigenvalue weighted by Gasteiger charge is -1.96. The molecule has 0 fully saturated rings. The van der Waals surface area contributed by atoms with Crippen LogP contribution in [0.25, 0.3) is 11.0 Å². The van der Waals surface area contributed by atoms with Gasteiger partial charge >= 0.3 is 0 Å². The van der Waals surface area contributed by atoms with Crippen molar-refractivity contribution in [1.29, 1.82) is 0 Å². The Bertz CT molecular complexity index is 545. The van der Waals surface area contributed by atoms with E-state index in [0.717, 1.165) is 0 Å². The summed E-state index contributed by atoms with van der Waals surface area (Å²) in [5.41, 5.74) is 0.816. The number of nitrogens with two attached hydrogens (primary N) is 1. The van der Waals surface area contributed by atoms with Gasteiger partial charge in [-0.15, -0.1) is 5.10 Å². The van der Waals surface area contributed by atoms with E-state index in [1.165, 1.54) is 6.07 Å². The average Bonchev–Trinajstić information content (AvgIpc) is 2.48. The maximum absolute atomic E-state index is 11.0. The molecule has 0 spiro atoms. The van der Waals surface area contributed by atoms with Gasteiger partial charge < -0.3 is 0 Å². The summed E-state index contributed by atoms with van der Waals surface area (Å²) in [5, 5.41) is 14.6. The fraction of sp³-hybridized carbons (Fsp3) is 0. The van der Waals surface area contributed by atoms with Crippen molar-refractivity contribution < 1.29 is 8.42 Å². The van der Waals surface area contributed by atoms with Gasteiger partial charge in [-0.1, -0.05) is 11.3 Å². The summed E-state index contributed by atoms with van der Waals surface area (Å²) in [6, 6.07) is 4.63. The molecule has 1 aromatic heterocycles. The molecule has 1 heterocycles. The van der Waals surface area contributed by atoms with Crippen LogP contribution in [0.1, 0.15) is 0 Å². The van der Waals surface area contributed by atoms with E-state index in [1.54, 1.807) is 12.1 Å². The van der Waals surface area contributed by atoms with Crippen LogP contribution in [0.3, 0.4) is 0 Å². The number of hydrogen-bond acceptors (Lipinski definition) is 4. The zero-order chi connectivity index (χ0) is 9.47. The lowest BCUT2D eigenvalue weighted by molar-refractivity contribution is 0.598. The number of aromatic amines is 1. The largest absolute Gasteiger partial charge is 0.257 e. The molecule has 0 aliphatic carbocycles. The minimum Gasteiger partial charge on any atom is -0.257 e. The van der Waals surface area contributed by atoms with Crippen molar-refractivity contribution in [3.63, 3.8) is 0 Å². The molecule has 0 atom stereocenters. The molecule has 0 unspecified atom stereocenters. The monoisotopic (exact) mass is 198 g/mol. The van der Waals surface area contributed by atoms with Crippen LogP contribution in [0, 0.1) is 0 Å².